The SMILES string of the molecule is CCCC[Si](C)C(C)(C)[SiH2]Cl.CCCC[Si](C)C(C)(C)[SiH2]Cl.[C-]1=CC=CC1.[Zr+3].[c-]1ccccc1.[c-]1ccccc1. The molecule has 0 N–H and O–H groups in total. The maximum absolute atomic E-state index is 6.03. The van der Waals surface area contributed by atoms with E-state index in [-0.39, 0.29) is 61.5 Å². The summed E-state index contributed by atoms with van der Waals surface area (Å²) < 4.78 is 1.11. The summed E-state index contributed by atoms with van der Waals surface area (Å²) in [5.41, 5.74) is 0. The minimum Gasteiger partial charge on any atom is -0.273 e. The Morgan fingerprint density at radius 3 is 1.23 bits per heavy atom. The molecule has 1 aliphatic carbocycles. The van der Waals surface area contributed by atoms with Crippen LogP contribution in [0.4, 0.5) is 0 Å². The van der Waals surface area contributed by atoms with E-state index in [1.165, 1.54) is 37.8 Å². The molecule has 2 aromatic carbocycles. The first-order chi connectivity index (χ1) is 18.6. The van der Waals surface area contributed by atoms with Crippen molar-refractivity contribution < 1.29 is 26.2 Å². The van der Waals surface area contributed by atoms with Gasteiger partial charge in [-0.15, -0.1) is 6.42 Å². The van der Waals surface area contributed by atoms with Crippen molar-refractivity contribution in [2.75, 3.05) is 0 Å². The van der Waals surface area contributed by atoms with Gasteiger partial charge in [0.2, 0.25) is 0 Å². The van der Waals surface area contributed by atoms with Crippen molar-refractivity contribution in [3.8, 4) is 0 Å². The van der Waals surface area contributed by atoms with Crippen LogP contribution in [0.5, 0.6) is 0 Å². The number of hydrogen-bond donors (Lipinski definition) is 0. The molecule has 0 spiro atoms. The van der Waals surface area contributed by atoms with E-state index in [1.54, 1.807) is 0 Å². The molecular weight excluding hydrogens is 671 g/mol. The van der Waals surface area contributed by atoms with E-state index in [4.69, 9.17) is 22.2 Å². The zero-order chi connectivity index (χ0) is 29.8. The molecule has 0 atom stereocenters. The average Bonchev–Trinajstić information content (AvgIpc) is 3.58. The van der Waals surface area contributed by atoms with Gasteiger partial charge < -0.3 is 0 Å². The molecule has 3 radical (unpaired) electrons. The minimum atomic E-state index is -0.316. The molecule has 0 fully saturated rings. The fourth-order valence-electron chi connectivity index (χ4n) is 2.81. The molecule has 3 rings (SSSR count). The van der Waals surface area contributed by atoms with Gasteiger partial charge >= 0.3 is 26.2 Å². The summed E-state index contributed by atoms with van der Waals surface area (Å²) in [6, 6.07) is 27.9. The third-order valence-corrected chi connectivity index (χ3v) is 24.8. The Labute approximate surface area is 286 Å². The van der Waals surface area contributed by atoms with Crippen molar-refractivity contribution in [2.24, 2.45) is 0 Å². The number of hydrogen-bond acceptors (Lipinski definition) is 0. The summed E-state index contributed by atoms with van der Waals surface area (Å²) in [4.78, 5) is 0. The van der Waals surface area contributed by atoms with Gasteiger partial charge in [-0.05, 0) is 9.32 Å². The van der Waals surface area contributed by atoms with Crippen LogP contribution in [0.15, 0.2) is 78.9 Å². The van der Waals surface area contributed by atoms with E-state index < -0.39 is 0 Å². The van der Waals surface area contributed by atoms with Gasteiger partial charge in [0.1, 0.15) is 17.7 Å². The Balaban J connectivity index is -0.000000439. The molecule has 0 amide bonds. The number of rotatable bonds is 10. The van der Waals surface area contributed by atoms with E-state index in [2.05, 4.69) is 78.9 Å². The zero-order valence-electron chi connectivity index (χ0n) is 26.6. The molecule has 0 aliphatic heterocycles. The number of halogens is 2. The van der Waals surface area contributed by atoms with Crippen LogP contribution >= 0.6 is 22.2 Å². The fourth-order valence-corrected chi connectivity index (χ4v) is 12.9. The molecule has 0 saturated carbocycles. The summed E-state index contributed by atoms with van der Waals surface area (Å²) in [7, 11) is -0.931. The third kappa shape index (κ3) is 28.4. The van der Waals surface area contributed by atoms with Crippen LogP contribution in [0.2, 0.25) is 34.5 Å². The van der Waals surface area contributed by atoms with Crippen molar-refractivity contribution in [2.45, 2.75) is 108 Å². The molecule has 0 aromatic heterocycles. The van der Waals surface area contributed by atoms with E-state index in [1.807, 2.05) is 72.8 Å². The number of benzene rings is 2. The predicted octanol–water partition coefficient (Wildman–Crippen LogP) is 10.2. The molecule has 7 heteroatoms. The van der Waals surface area contributed by atoms with Gasteiger partial charge in [-0.2, -0.15) is 101 Å². The first kappa shape index (κ1) is 44.7. The Morgan fingerprint density at radius 1 is 0.700 bits per heavy atom. The molecule has 40 heavy (non-hydrogen) atoms. The van der Waals surface area contributed by atoms with Gasteiger partial charge in [-0.3, -0.25) is 6.08 Å². The van der Waals surface area contributed by atoms with Crippen LogP contribution in [-0.2, 0) is 26.2 Å². The summed E-state index contributed by atoms with van der Waals surface area (Å²) in [6.07, 6.45) is 15.5. The number of allylic oxidation sites excluding steroid dienone is 4. The topological polar surface area (TPSA) is 0 Å². The third-order valence-electron chi connectivity index (χ3n) is 6.59. The molecule has 1 aliphatic rings. The fraction of sp³-hybridized carbons (Fsp3) is 0.515. The van der Waals surface area contributed by atoms with Gasteiger partial charge in [-0.1, -0.05) is 92.4 Å². The maximum atomic E-state index is 6.03. The molecule has 0 nitrogen and oxygen atoms in total. The Kier molecular flexibility index (Phi) is 34.3. The Bertz CT molecular complexity index is 682. The van der Waals surface area contributed by atoms with Crippen molar-refractivity contribution in [3.63, 3.8) is 0 Å². The second-order valence-corrected chi connectivity index (χ2v) is 24.9. The zero-order valence-corrected chi connectivity index (χ0v) is 35.4. The van der Waals surface area contributed by atoms with E-state index in [0.29, 0.717) is 9.32 Å². The Hall–Kier alpha value is 0.251. The molecule has 0 bridgehead atoms. The minimum absolute atomic E-state index is 0. The van der Waals surface area contributed by atoms with Gasteiger partial charge in [-0.25, -0.2) is 12.2 Å². The maximum Gasteiger partial charge on any atom is 3.00 e. The Morgan fingerprint density at radius 2 is 1.07 bits per heavy atom. The van der Waals surface area contributed by atoms with Crippen LogP contribution in [0.3, 0.4) is 0 Å². The van der Waals surface area contributed by atoms with Crippen molar-refractivity contribution in [1.29, 1.82) is 0 Å². The van der Waals surface area contributed by atoms with Gasteiger partial charge in [0.05, 0.1) is 0 Å². The van der Waals surface area contributed by atoms with Crippen LogP contribution in [-0.4, -0.2) is 35.3 Å². The first-order valence-electron chi connectivity index (χ1n) is 14.4. The summed E-state index contributed by atoms with van der Waals surface area (Å²) in [5.74, 6) is 0. The average molecular weight is 726 g/mol. The first-order valence-corrected chi connectivity index (χ1v) is 24.5. The molecule has 221 valence electrons. The van der Waals surface area contributed by atoms with Crippen LogP contribution in [0.25, 0.3) is 0 Å². The largest absolute Gasteiger partial charge is 3.00 e. The predicted molar refractivity (Wildman–Crippen MR) is 192 cm³/mol. The molecule has 2 aromatic rings. The van der Waals surface area contributed by atoms with Crippen molar-refractivity contribution >= 4 is 57.4 Å². The van der Waals surface area contributed by atoms with Crippen LogP contribution in [0.1, 0.15) is 73.6 Å². The summed E-state index contributed by atoms with van der Waals surface area (Å²) in [6.45, 7) is 18.8. The molecule has 0 heterocycles. The van der Waals surface area contributed by atoms with E-state index >= 15 is 0 Å². The van der Waals surface area contributed by atoms with Crippen molar-refractivity contribution in [3.05, 3.63) is 97.1 Å². The normalized spacial score (nSPS) is 12.1. The van der Waals surface area contributed by atoms with E-state index in [9.17, 15) is 0 Å². The second kappa shape index (κ2) is 30.7. The monoisotopic (exact) mass is 723 g/mol. The van der Waals surface area contributed by atoms with E-state index in [0.717, 1.165) is 6.42 Å². The smallest absolute Gasteiger partial charge is 0.273 e. The number of unbranched alkanes of at least 4 members (excludes halogenated alkanes) is 2. The summed E-state index contributed by atoms with van der Waals surface area (Å²) >= 11 is 12.1. The quantitative estimate of drug-likeness (QED) is 0.130. The van der Waals surface area contributed by atoms with Crippen LogP contribution in [0, 0.1) is 18.2 Å². The van der Waals surface area contributed by atoms with Gasteiger partial charge in [0.25, 0.3) is 0 Å². The summed E-state index contributed by atoms with van der Waals surface area (Å²) in [5, 5.41) is 0. The molecular formula is C33H55Cl2Si4Zr. The van der Waals surface area contributed by atoms with Crippen LogP contribution < -0.4 is 0 Å². The van der Waals surface area contributed by atoms with Crippen molar-refractivity contribution in [1.82, 2.24) is 0 Å². The standard InChI is InChI=1S/2C8H20ClSi2.2C6H5.C5H5.Zr/c2*1-5-6-7-11(4)8(2,3)10-9;2*1-2-4-6-5-3-1;1-2-4-5-3-1;/h2*5-7,10H2,1-4H3;2*1-5H;1-3H,4H2;/q;;3*-1;+3. The molecule has 0 unspecified atom stereocenters. The molecule has 0 saturated heterocycles. The van der Waals surface area contributed by atoms with Gasteiger partial charge in [0.15, 0.2) is 0 Å². The second-order valence-electron chi connectivity index (χ2n) is 11.0. The van der Waals surface area contributed by atoms with Gasteiger partial charge in [0, 0.05) is 17.6 Å².